The number of imide groups is 1. The van der Waals surface area contributed by atoms with E-state index in [4.69, 9.17) is 0 Å². The number of amides is 3. The topological polar surface area (TPSA) is 93.2 Å². The number of carbonyl (C=O) groups is 3. The van der Waals surface area contributed by atoms with Gasteiger partial charge in [-0.2, -0.15) is 0 Å². The summed E-state index contributed by atoms with van der Waals surface area (Å²) in [6.07, 6.45) is 0.596. The van der Waals surface area contributed by atoms with Crippen molar-refractivity contribution in [1.82, 2.24) is 15.1 Å². The molecule has 9 heteroatoms. The molecule has 3 aliphatic heterocycles. The molecule has 3 aliphatic rings. The first-order chi connectivity index (χ1) is 16.9. The molecule has 2 atom stereocenters. The number of benzene rings is 2. The van der Waals surface area contributed by atoms with E-state index in [1.54, 1.807) is 11.0 Å². The average molecular weight is 541 g/mol. The summed E-state index contributed by atoms with van der Waals surface area (Å²) in [5.74, 6) is -0.870. The molecule has 0 radical (unpaired) electrons. The van der Waals surface area contributed by atoms with Gasteiger partial charge in [-0.3, -0.25) is 24.6 Å². The smallest absolute Gasteiger partial charge is 0.255 e. The van der Waals surface area contributed by atoms with Crippen molar-refractivity contribution in [3.63, 3.8) is 0 Å². The van der Waals surface area contributed by atoms with E-state index in [0.717, 1.165) is 41.8 Å². The number of halogens is 1. The molecular formula is C26H29BrN4O4. The first kappa shape index (κ1) is 24.0. The number of piperidine rings is 1. The number of β-amino-alcohol motifs (C(OH)–C–C–N with tert-alkyl or cyclic N) is 1. The van der Waals surface area contributed by atoms with Crippen LogP contribution in [0.2, 0.25) is 0 Å². The van der Waals surface area contributed by atoms with Crippen LogP contribution in [0.15, 0.2) is 46.9 Å². The highest BCUT2D eigenvalue weighted by Crippen LogP contribution is 2.28. The minimum Gasteiger partial charge on any atom is -0.391 e. The second-order valence-corrected chi connectivity index (χ2v) is 10.4. The molecule has 2 N–H and O–H groups in total. The lowest BCUT2D eigenvalue weighted by atomic mass is 10.0. The highest BCUT2D eigenvalue weighted by molar-refractivity contribution is 9.10. The van der Waals surface area contributed by atoms with Gasteiger partial charge in [0, 0.05) is 61.4 Å². The fourth-order valence-electron chi connectivity index (χ4n) is 5.23. The highest BCUT2D eigenvalue weighted by atomic mass is 79.9. The predicted molar refractivity (Wildman–Crippen MR) is 135 cm³/mol. The molecule has 0 saturated carbocycles. The maximum absolute atomic E-state index is 12.9. The zero-order valence-electron chi connectivity index (χ0n) is 19.5. The summed E-state index contributed by atoms with van der Waals surface area (Å²) in [6.45, 7) is 4.59. The molecule has 0 aliphatic carbocycles. The molecule has 8 nitrogen and oxygen atoms in total. The van der Waals surface area contributed by atoms with E-state index in [1.165, 1.54) is 5.69 Å². The standard InChI is InChI=1S/C26H29BrN4O4/c27-19-2-4-20(5-3-19)30-11-9-29(10-12-30)16-21(32)14-17-1-6-22-18(13-17)15-31(26(22)35)23-7-8-24(33)28-25(23)34/h1-6,13,21,23,32H,7-12,14-16H2,(H,28,33,34). The molecule has 0 aromatic heterocycles. The zero-order chi connectivity index (χ0) is 24.5. The average Bonchev–Trinajstić information content (AvgIpc) is 3.15. The number of nitrogens with zero attached hydrogens (tertiary/aromatic N) is 3. The summed E-state index contributed by atoms with van der Waals surface area (Å²) in [5.41, 5.74) is 3.65. The van der Waals surface area contributed by atoms with Gasteiger partial charge in [0.1, 0.15) is 6.04 Å². The van der Waals surface area contributed by atoms with Gasteiger partial charge in [-0.25, -0.2) is 0 Å². The molecule has 35 heavy (non-hydrogen) atoms. The van der Waals surface area contributed by atoms with Gasteiger partial charge in [-0.05, 0) is 54.3 Å². The van der Waals surface area contributed by atoms with Crippen LogP contribution in [0.5, 0.6) is 0 Å². The van der Waals surface area contributed by atoms with E-state index in [0.29, 0.717) is 31.5 Å². The Morgan fingerprint density at radius 1 is 1.03 bits per heavy atom. The second-order valence-electron chi connectivity index (χ2n) is 9.51. The number of hydrogen-bond donors (Lipinski definition) is 2. The lowest BCUT2D eigenvalue weighted by molar-refractivity contribution is -0.136. The van der Waals surface area contributed by atoms with Crippen molar-refractivity contribution >= 4 is 39.3 Å². The number of aliphatic hydroxyl groups excluding tert-OH is 1. The largest absolute Gasteiger partial charge is 0.391 e. The molecule has 184 valence electrons. The first-order valence-corrected chi connectivity index (χ1v) is 12.8. The van der Waals surface area contributed by atoms with Gasteiger partial charge < -0.3 is 14.9 Å². The minimum absolute atomic E-state index is 0.176. The van der Waals surface area contributed by atoms with Crippen LogP contribution in [0, 0.1) is 0 Å². The van der Waals surface area contributed by atoms with Crippen molar-refractivity contribution in [3.8, 4) is 0 Å². The van der Waals surface area contributed by atoms with E-state index in [9.17, 15) is 19.5 Å². The molecular weight excluding hydrogens is 512 g/mol. The van der Waals surface area contributed by atoms with E-state index >= 15 is 0 Å². The Labute approximate surface area is 213 Å². The van der Waals surface area contributed by atoms with Gasteiger partial charge in [0.15, 0.2) is 0 Å². The molecule has 2 aromatic rings. The fraction of sp³-hybridized carbons (Fsp3) is 0.423. The normalized spacial score (nSPS) is 21.8. The maximum atomic E-state index is 12.9. The monoisotopic (exact) mass is 540 g/mol. The Hall–Kier alpha value is -2.75. The summed E-state index contributed by atoms with van der Waals surface area (Å²) < 4.78 is 1.07. The first-order valence-electron chi connectivity index (χ1n) is 12.0. The van der Waals surface area contributed by atoms with Gasteiger partial charge in [0.05, 0.1) is 6.10 Å². The Morgan fingerprint density at radius 2 is 1.77 bits per heavy atom. The summed E-state index contributed by atoms with van der Waals surface area (Å²) >= 11 is 3.48. The van der Waals surface area contributed by atoms with E-state index in [2.05, 4.69) is 55.3 Å². The Bertz CT molecular complexity index is 1130. The molecule has 3 amide bonds. The number of carbonyl (C=O) groups excluding carboxylic acids is 3. The van der Waals surface area contributed by atoms with Crippen LogP contribution in [-0.4, -0.2) is 77.5 Å². The van der Waals surface area contributed by atoms with Gasteiger partial charge in [-0.1, -0.05) is 28.1 Å². The number of hydrogen-bond acceptors (Lipinski definition) is 6. The van der Waals surface area contributed by atoms with Crippen LogP contribution in [0.4, 0.5) is 5.69 Å². The predicted octanol–water partition coefficient (Wildman–Crippen LogP) is 1.94. The molecule has 0 bridgehead atoms. The SMILES string of the molecule is O=C1CCC(N2Cc3cc(CC(O)CN4CCN(c5ccc(Br)cc5)CC4)ccc3C2=O)C(=O)N1. The van der Waals surface area contributed by atoms with Crippen LogP contribution in [0.25, 0.3) is 0 Å². The lowest BCUT2D eigenvalue weighted by Gasteiger charge is -2.37. The number of piperazine rings is 1. The van der Waals surface area contributed by atoms with Crippen LogP contribution in [-0.2, 0) is 22.6 Å². The van der Waals surface area contributed by atoms with Crippen molar-refractivity contribution in [3.05, 3.63) is 63.6 Å². The molecule has 3 heterocycles. The third-order valence-corrected chi connectivity index (χ3v) is 7.62. The molecule has 2 aromatic carbocycles. The maximum Gasteiger partial charge on any atom is 0.255 e. The van der Waals surface area contributed by atoms with Crippen LogP contribution >= 0.6 is 15.9 Å². The summed E-state index contributed by atoms with van der Waals surface area (Å²) in [7, 11) is 0. The zero-order valence-corrected chi connectivity index (χ0v) is 21.0. The molecule has 5 rings (SSSR count). The summed E-state index contributed by atoms with van der Waals surface area (Å²) in [6, 6.07) is 13.4. The van der Waals surface area contributed by atoms with Crippen molar-refractivity contribution in [2.75, 3.05) is 37.6 Å². The Kier molecular flexibility index (Phi) is 6.91. The number of fused-ring (bicyclic) bond motifs is 1. The quantitative estimate of drug-likeness (QED) is 0.544. The van der Waals surface area contributed by atoms with E-state index in [-0.39, 0.29) is 18.2 Å². The fourth-order valence-corrected chi connectivity index (χ4v) is 5.49. The van der Waals surface area contributed by atoms with Gasteiger partial charge in [0.25, 0.3) is 5.91 Å². The van der Waals surface area contributed by atoms with Gasteiger partial charge in [0.2, 0.25) is 11.8 Å². The van der Waals surface area contributed by atoms with Crippen molar-refractivity contribution in [1.29, 1.82) is 0 Å². The molecule has 2 unspecified atom stereocenters. The third kappa shape index (κ3) is 5.27. The van der Waals surface area contributed by atoms with Crippen LogP contribution in [0.1, 0.15) is 34.3 Å². The van der Waals surface area contributed by atoms with E-state index < -0.39 is 18.1 Å². The van der Waals surface area contributed by atoms with Crippen molar-refractivity contribution < 1.29 is 19.5 Å². The Morgan fingerprint density at radius 3 is 2.49 bits per heavy atom. The molecule has 2 saturated heterocycles. The molecule has 0 spiro atoms. The second kappa shape index (κ2) is 10.1. The number of rotatable bonds is 6. The van der Waals surface area contributed by atoms with Crippen molar-refractivity contribution in [2.24, 2.45) is 0 Å². The number of anilines is 1. The Balaban J connectivity index is 1.14. The van der Waals surface area contributed by atoms with Gasteiger partial charge in [-0.15, -0.1) is 0 Å². The van der Waals surface area contributed by atoms with Crippen LogP contribution in [0.3, 0.4) is 0 Å². The highest BCUT2D eigenvalue weighted by Gasteiger charge is 2.39. The van der Waals surface area contributed by atoms with Gasteiger partial charge >= 0.3 is 0 Å². The van der Waals surface area contributed by atoms with E-state index in [1.807, 2.05) is 12.1 Å². The van der Waals surface area contributed by atoms with Crippen molar-refractivity contribution in [2.45, 2.75) is 38.0 Å². The summed E-state index contributed by atoms with van der Waals surface area (Å²) in [4.78, 5) is 42.8. The minimum atomic E-state index is -0.613. The molecule has 2 fully saturated rings. The van der Waals surface area contributed by atoms with Crippen LogP contribution < -0.4 is 10.2 Å². The summed E-state index contributed by atoms with van der Waals surface area (Å²) in [5, 5.41) is 13.1. The third-order valence-electron chi connectivity index (χ3n) is 7.09. The lowest BCUT2D eigenvalue weighted by Crippen LogP contribution is -2.52. The number of nitrogens with one attached hydrogen (secondary N) is 1. The number of aliphatic hydroxyl groups is 1.